The summed E-state index contributed by atoms with van der Waals surface area (Å²) in [4.78, 5) is 0. The second-order valence-electron chi connectivity index (χ2n) is 6.95. The third-order valence-corrected chi connectivity index (χ3v) is 4.41. The molecule has 1 aliphatic rings. The molecular weight excluding hydrogens is 264 g/mol. The van der Waals surface area contributed by atoms with E-state index in [0.717, 1.165) is 0 Å². The molecule has 0 aromatic heterocycles. The Morgan fingerprint density at radius 3 is 0.636 bits per heavy atom. The third kappa shape index (κ3) is 28.2. The number of hydrogen-bond donors (Lipinski definition) is 0. The minimum atomic E-state index is 1.36. The fourth-order valence-electron chi connectivity index (χ4n) is 2.77. The van der Waals surface area contributed by atoms with Crippen molar-refractivity contribution in [1.82, 2.24) is 0 Å². The maximum atomic E-state index is 2.26. The Morgan fingerprint density at radius 1 is 0.318 bits per heavy atom. The van der Waals surface area contributed by atoms with Crippen LogP contribution in [-0.2, 0) is 0 Å². The molecule has 0 aliphatic heterocycles. The van der Waals surface area contributed by atoms with Gasteiger partial charge in [0.2, 0.25) is 0 Å². The Balaban J connectivity index is 0. The van der Waals surface area contributed by atoms with Crippen molar-refractivity contribution in [1.29, 1.82) is 0 Å². The lowest BCUT2D eigenvalue weighted by Gasteiger charge is -2.05. The maximum Gasteiger partial charge on any atom is -0.0533 e. The van der Waals surface area contributed by atoms with Crippen molar-refractivity contribution in [3.63, 3.8) is 0 Å². The average Bonchev–Trinajstić information content (AvgIpc) is 2.59. The Hall–Kier alpha value is 0. The van der Waals surface area contributed by atoms with Gasteiger partial charge in [0.15, 0.2) is 0 Å². The predicted molar refractivity (Wildman–Crippen MR) is 106 cm³/mol. The highest BCUT2D eigenvalue weighted by atomic mass is 14.0. The molecule has 136 valence electrons. The highest BCUT2D eigenvalue weighted by Crippen LogP contribution is 2.15. The van der Waals surface area contributed by atoms with E-state index in [9.17, 15) is 0 Å². The molecule has 0 aromatic rings. The van der Waals surface area contributed by atoms with Crippen LogP contribution >= 0.6 is 0 Å². The molecule has 1 fully saturated rings. The molecule has 0 heterocycles. The van der Waals surface area contributed by atoms with Crippen LogP contribution in [0.1, 0.15) is 143 Å². The summed E-state index contributed by atoms with van der Waals surface area (Å²) in [5.41, 5.74) is 0. The van der Waals surface area contributed by atoms with Gasteiger partial charge in [-0.2, -0.15) is 0 Å². The summed E-state index contributed by atoms with van der Waals surface area (Å²) in [7, 11) is 0. The zero-order chi connectivity index (χ0) is 16.7. The van der Waals surface area contributed by atoms with Gasteiger partial charge in [-0.05, 0) is 0 Å². The van der Waals surface area contributed by atoms with Crippen molar-refractivity contribution in [2.75, 3.05) is 0 Å². The van der Waals surface area contributed by atoms with Gasteiger partial charge in [-0.15, -0.1) is 0 Å². The van der Waals surface area contributed by atoms with Gasteiger partial charge in [0.25, 0.3) is 0 Å². The first-order valence-electron chi connectivity index (χ1n) is 10.8. The highest BCUT2D eigenvalue weighted by molar-refractivity contribution is 4.51. The zero-order valence-electron chi connectivity index (χ0n) is 16.7. The maximum absolute atomic E-state index is 2.26. The summed E-state index contributed by atoms with van der Waals surface area (Å²) in [6.07, 6.45) is 26.0. The van der Waals surface area contributed by atoms with Gasteiger partial charge in [0.1, 0.15) is 0 Å². The molecule has 0 nitrogen and oxygen atoms in total. The van der Waals surface area contributed by atoms with Crippen LogP contribution in [0.3, 0.4) is 0 Å². The Morgan fingerprint density at radius 2 is 0.500 bits per heavy atom. The fraction of sp³-hybridized carbons (Fsp3) is 1.00. The van der Waals surface area contributed by atoms with Crippen LogP contribution in [0.5, 0.6) is 0 Å². The van der Waals surface area contributed by atoms with E-state index < -0.39 is 0 Å². The van der Waals surface area contributed by atoms with Crippen LogP contribution in [-0.4, -0.2) is 0 Å². The Bertz CT molecular complexity index is 111. The van der Waals surface area contributed by atoms with Crippen molar-refractivity contribution < 1.29 is 0 Å². The largest absolute Gasteiger partial charge is 0.0654 e. The van der Waals surface area contributed by atoms with Gasteiger partial charge in [0.05, 0.1) is 0 Å². The minimum absolute atomic E-state index is 1.36. The first kappa shape index (κ1) is 24.3. The molecule has 1 aliphatic carbocycles. The number of rotatable bonds is 10. The molecule has 0 atom stereocenters. The van der Waals surface area contributed by atoms with E-state index in [1.54, 1.807) is 0 Å². The van der Waals surface area contributed by atoms with E-state index in [0.29, 0.717) is 0 Å². The summed E-state index contributed by atoms with van der Waals surface area (Å²) < 4.78 is 0. The number of unbranched alkanes of at least 4 members (excludes halogenated alkanes) is 10. The molecule has 0 radical (unpaired) electrons. The van der Waals surface area contributed by atoms with Crippen LogP contribution in [0, 0.1) is 0 Å². The lowest BCUT2D eigenvalue weighted by molar-refractivity contribution is 0.504. The lowest BCUT2D eigenvalue weighted by atomic mass is 10.0. The molecule has 1 rings (SSSR count). The summed E-state index contributed by atoms with van der Waals surface area (Å²) in [6.45, 7) is 9.02. The van der Waals surface area contributed by atoms with Crippen molar-refractivity contribution in [3.05, 3.63) is 0 Å². The standard InChI is InChI=1S/2C8H18.C6H12/c2*1-3-5-7-8-6-4-2;1-2-4-6-5-3-1/h2*3-8H2,1-2H3;1-6H2. The van der Waals surface area contributed by atoms with Crippen LogP contribution in [0.2, 0.25) is 0 Å². The lowest BCUT2D eigenvalue weighted by Crippen LogP contribution is -1.85. The van der Waals surface area contributed by atoms with E-state index in [2.05, 4.69) is 27.7 Å². The molecule has 0 N–H and O–H groups in total. The van der Waals surface area contributed by atoms with Gasteiger partial charge in [-0.1, -0.05) is 143 Å². The molecule has 0 bridgehead atoms. The second-order valence-corrected chi connectivity index (χ2v) is 6.95. The average molecular weight is 313 g/mol. The summed E-state index contributed by atoms with van der Waals surface area (Å²) in [5, 5.41) is 0. The van der Waals surface area contributed by atoms with E-state index in [1.165, 1.54) is 116 Å². The molecule has 22 heavy (non-hydrogen) atoms. The van der Waals surface area contributed by atoms with Crippen molar-refractivity contribution in [2.45, 2.75) is 143 Å². The molecule has 0 amide bonds. The molecule has 0 unspecified atom stereocenters. The van der Waals surface area contributed by atoms with E-state index >= 15 is 0 Å². The van der Waals surface area contributed by atoms with Crippen LogP contribution < -0.4 is 0 Å². The molecular formula is C22H48. The van der Waals surface area contributed by atoms with Crippen molar-refractivity contribution >= 4 is 0 Å². The molecule has 0 aromatic carbocycles. The van der Waals surface area contributed by atoms with Crippen molar-refractivity contribution in [2.24, 2.45) is 0 Å². The fourth-order valence-corrected chi connectivity index (χ4v) is 2.77. The number of hydrogen-bond acceptors (Lipinski definition) is 0. The Labute approximate surface area is 143 Å². The Kier molecular flexibility index (Phi) is 28.6. The smallest absolute Gasteiger partial charge is 0.0533 e. The molecule has 0 heteroatoms. The van der Waals surface area contributed by atoms with Gasteiger partial charge >= 0.3 is 0 Å². The van der Waals surface area contributed by atoms with E-state index in [1.807, 2.05) is 0 Å². The second kappa shape index (κ2) is 25.9. The molecule has 0 spiro atoms. The van der Waals surface area contributed by atoms with E-state index in [4.69, 9.17) is 0 Å². The van der Waals surface area contributed by atoms with Crippen LogP contribution in [0.25, 0.3) is 0 Å². The van der Waals surface area contributed by atoms with Gasteiger partial charge in [-0.25, -0.2) is 0 Å². The van der Waals surface area contributed by atoms with Gasteiger partial charge in [0, 0.05) is 0 Å². The first-order chi connectivity index (χ1) is 10.8. The summed E-state index contributed by atoms with van der Waals surface area (Å²) in [6, 6.07) is 0. The quantitative estimate of drug-likeness (QED) is 0.353. The summed E-state index contributed by atoms with van der Waals surface area (Å²) in [5.74, 6) is 0. The highest BCUT2D eigenvalue weighted by Gasteiger charge is 1.95. The zero-order valence-corrected chi connectivity index (χ0v) is 16.7. The SMILES string of the molecule is C1CCCCC1.CCCCCCCC.CCCCCCCC. The van der Waals surface area contributed by atoms with Crippen LogP contribution in [0.15, 0.2) is 0 Å². The van der Waals surface area contributed by atoms with Crippen LogP contribution in [0.4, 0.5) is 0 Å². The minimum Gasteiger partial charge on any atom is -0.0654 e. The van der Waals surface area contributed by atoms with Gasteiger partial charge in [-0.3, -0.25) is 0 Å². The predicted octanol–water partition coefficient (Wildman–Crippen LogP) is 9.07. The summed E-state index contributed by atoms with van der Waals surface area (Å²) >= 11 is 0. The van der Waals surface area contributed by atoms with E-state index in [-0.39, 0.29) is 0 Å². The first-order valence-corrected chi connectivity index (χ1v) is 10.8. The monoisotopic (exact) mass is 312 g/mol. The third-order valence-electron chi connectivity index (χ3n) is 4.41. The molecule has 1 saturated carbocycles. The topological polar surface area (TPSA) is 0 Å². The van der Waals surface area contributed by atoms with Gasteiger partial charge < -0.3 is 0 Å². The van der Waals surface area contributed by atoms with Crippen molar-refractivity contribution in [3.8, 4) is 0 Å². The normalized spacial score (nSPS) is 13.6. The molecule has 0 saturated heterocycles.